The lowest BCUT2D eigenvalue weighted by Gasteiger charge is -2.25. The van der Waals surface area contributed by atoms with Gasteiger partial charge in [0.05, 0.1) is 11.6 Å². The van der Waals surface area contributed by atoms with E-state index in [9.17, 15) is 14.7 Å². The number of carboxylic acid groups (broad SMARTS) is 1. The van der Waals surface area contributed by atoms with Gasteiger partial charge in [-0.1, -0.05) is 70.0 Å². The molecule has 7 nitrogen and oxygen atoms in total. The van der Waals surface area contributed by atoms with Crippen molar-refractivity contribution in [2.45, 2.75) is 71.0 Å². The third-order valence-corrected chi connectivity index (χ3v) is 5.98. The number of amides is 1. The fourth-order valence-electron chi connectivity index (χ4n) is 3.95. The number of rotatable bonds is 15. The average Bonchev–Trinajstić information content (AvgIpc) is 2.85. The highest BCUT2D eigenvalue weighted by Crippen LogP contribution is 2.15. The van der Waals surface area contributed by atoms with Gasteiger partial charge in [0.2, 0.25) is 5.91 Å². The Labute approximate surface area is 214 Å². The number of aromatic hydroxyl groups is 1. The number of phenolic OH excluding ortho intramolecular Hbond substituents is 1. The number of hydrogen-bond donors (Lipinski definition) is 5. The van der Waals surface area contributed by atoms with E-state index < -0.39 is 12.0 Å². The highest BCUT2D eigenvalue weighted by molar-refractivity contribution is 5.87. The van der Waals surface area contributed by atoms with E-state index in [1.165, 1.54) is 0 Å². The van der Waals surface area contributed by atoms with Crippen molar-refractivity contribution in [2.24, 2.45) is 11.7 Å². The Morgan fingerprint density at radius 2 is 1.72 bits per heavy atom. The zero-order chi connectivity index (χ0) is 26.5. The number of unbranched alkanes of at least 4 members (excludes halogenated alkanes) is 1. The second-order valence-corrected chi connectivity index (χ2v) is 9.76. The number of benzene rings is 2. The molecule has 0 bridgehead atoms. The first-order chi connectivity index (χ1) is 17.2. The number of carbonyl (C=O) groups excluding carboxylic acids is 1. The van der Waals surface area contributed by atoms with Crippen LogP contribution >= 0.6 is 0 Å². The lowest BCUT2D eigenvalue weighted by Crippen LogP contribution is -2.51. The van der Waals surface area contributed by atoms with Crippen LogP contribution in [0.2, 0.25) is 0 Å². The summed E-state index contributed by atoms with van der Waals surface area (Å²) in [6.45, 7) is 6.80. The molecule has 2 aromatic carbocycles. The molecule has 0 fully saturated rings. The first-order valence-electron chi connectivity index (χ1n) is 12.8. The van der Waals surface area contributed by atoms with Gasteiger partial charge in [0.15, 0.2) is 0 Å². The van der Waals surface area contributed by atoms with Crippen molar-refractivity contribution in [3.63, 3.8) is 0 Å². The van der Waals surface area contributed by atoms with Crippen LogP contribution in [0.4, 0.5) is 0 Å². The fraction of sp³-hybridized carbons (Fsp3) is 0.448. The van der Waals surface area contributed by atoms with Gasteiger partial charge in [-0.3, -0.25) is 10.1 Å². The van der Waals surface area contributed by atoms with E-state index in [0.29, 0.717) is 18.9 Å². The zero-order valence-electron chi connectivity index (χ0n) is 21.6. The standard InChI is InChI=1S/C29H41N3O4/c1-4-5-6-24(30)19-31-28(34)27(18-22-10-15-26(33)16-11-22)32-25(17-20(2)3)14-9-21-7-12-23(13-8-21)29(35)36/h7-16,20,24-25,27,32-33H,4-6,17-19,30H2,1-3H3,(H,31,34)(H,35,36)/b14-9+/t24-,25+,27-/m0/s1. The molecule has 6 N–H and O–H groups in total. The normalized spacial score (nSPS) is 14.0. The van der Waals surface area contributed by atoms with Crippen LogP contribution in [-0.2, 0) is 11.2 Å². The molecule has 0 spiro atoms. The number of carbonyl (C=O) groups is 2. The number of carboxylic acids is 1. The Bertz CT molecular complexity index is 971. The second-order valence-electron chi connectivity index (χ2n) is 9.76. The molecule has 2 rings (SSSR count). The highest BCUT2D eigenvalue weighted by Gasteiger charge is 2.22. The minimum absolute atomic E-state index is 0.0780. The summed E-state index contributed by atoms with van der Waals surface area (Å²) in [4.78, 5) is 24.3. The van der Waals surface area contributed by atoms with E-state index in [1.54, 1.807) is 36.4 Å². The Kier molecular flexibility index (Phi) is 12.2. The van der Waals surface area contributed by atoms with Gasteiger partial charge < -0.3 is 21.3 Å². The first-order valence-corrected chi connectivity index (χ1v) is 12.8. The van der Waals surface area contributed by atoms with Gasteiger partial charge in [-0.15, -0.1) is 0 Å². The largest absolute Gasteiger partial charge is 0.508 e. The van der Waals surface area contributed by atoms with Crippen molar-refractivity contribution in [2.75, 3.05) is 6.54 Å². The van der Waals surface area contributed by atoms with Gasteiger partial charge in [-0.25, -0.2) is 4.79 Å². The van der Waals surface area contributed by atoms with Crippen LogP contribution in [0.15, 0.2) is 54.6 Å². The molecule has 196 valence electrons. The topological polar surface area (TPSA) is 125 Å². The van der Waals surface area contributed by atoms with E-state index in [-0.39, 0.29) is 29.3 Å². The minimum Gasteiger partial charge on any atom is -0.508 e. The molecule has 0 unspecified atom stereocenters. The number of phenols is 1. The fourth-order valence-corrected chi connectivity index (χ4v) is 3.95. The van der Waals surface area contributed by atoms with E-state index in [1.807, 2.05) is 24.3 Å². The SMILES string of the molecule is CCCC[C@H](N)CNC(=O)[C@H](Cc1ccc(O)cc1)N[C@H](/C=C/c1ccc(C(=O)O)cc1)CC(C)C. The third kappa shape index (κ3) is 10.6. The molecule has 3 atom stereocenters. The molecular formula is C29H41N3O4. The molecule has 7 heteroatoms. The van der Waals surface area contributed by atoms with Gasteiger partial charge >= 0.3 is 5.97 Å². The maximum absolute atomic E-state index is 13.2. The van der Waals surface area contributed by atoms with Gasteiger partial charge in [0.1, 0.15) is 5.75 Å². The first kappa shape index (κ1) is 29.1. The molecule has 0 aliphatic carbocycles. The van der Waals surface area contributed by atoms with Crippen molar-refractivity contribution < 1.29 is 19.8 Å². The predicted molar refractivity (Wildman–Crippen MR) is 145 cm³/mol. The summed E-state index contributed by atoms with van der Waals surface area (Å²) in [7, 11) is 0. The van der Waals surface area contributed by atoms with Crippen molar-refractivity contribution >= 4 is 18.0 Å². The molecule has 2 aromatic rings. The van der Waals surface area contributed by atoms with Gasteiger partial charge in [-0.05, 0) is 60.6 Å². The molecule has 0 aliphatic heterocycles. The van der Waals surface area contributed by atoms with Crippen LogP contribution in [0.25, 0.3) is 6.08 Å². The predicted octanol–water partition coefficient (Wildman–Crippen LogP) is 4.35. The van der Waals surface area contributed by atoms with E-state index in [4.69, 9.17) is 10.8 Å². The van der Waals surface area contributed by atoms with Gasteiger partial charge in [0, 0.05) is 18.6 Å². The number of nitrogens with two attached hydrogens (primary N) is 1. The molecule has 0 saturated carbocycles. The molecule has 0 aromatic heterocycles. The summed E-state index contributed by atoms with van der Waals surface area (Å²) in [6, 6.07) is 12.9. The molecule has 36 heavy (non-hydrogen) atoms. The summed E-state index contributed by atoms with van der Waals surface area (Å²) in [5.41, 5.74) is 8.24. The van der Waals surface area contributed by atoms with Crippen LogP contribution in [0.1, 0.15) is 67.9 Å². The number of nitrogens with one attached hydrogen (secondary N) is 2. The van der Waals surface area contributed by atoms with Crippen molar-refractivity contribution in [1.29, 1.82) is 0 Å². The van der Waals surface area contributed by atoms with Crippen LogP contribution in [-0.4, -0.2) is 46.8 Å². The van der Waals surface area contributed by atoms with Crippen molar-refractivity contribution in [3.8, 4) is 5.75 Å². The Hall–Kier alpha value is -3.16. The lowest BCUT2D eigenvalue weighted by molar-refractivity contribution is -0.123. The third-order valence-electron chi connectivity index (χ3n) is 5.98. The monoisotopic (exact) mass is 495 g/mol. The summed E-state index contributed by atoms with van der Waals surface area (Å²) in [5.74, 6) is -0.490. The molecular weight excluding hydrogens is 454 g/mol. The average molecular weight is 496 g/mol. The summed E-state index contributed by atoms with van der Waals surface area (Å²) in [5, 5.41) is 25.3. The van der Waals surface area contributed by atoms with E-state index in [0.717, 1.165) is 36.8 Å². The maximum Gasteiger partial charge on any atom is 0.335 e. The molecule has 0 radical (unpaired) electrons. The summed E-state index contributed by atoms with van der Waals surface area (Å²) in [6.07, 6.45) is 8.22. The summed E-state index contributed by atoms with van der Waals surface area (Å²) >= 11 is 0. The van der Waals surface area contributed by atoms with Crippen molar-refractivity contribution in [3.05, 3.63) is 71.3 Å². The molecule has 0 saturated heterocycles. The highest BCUT2D eigenvalue weighted by atomic mass is 16.4. The van der Waals surface area contributed by atoms with Crippen molar-refractivity contribution in [1.82, 2.24) is 10.6 Å². The smallest absolute Gasteiger partial charge is 0.335 e. The molecule has 0 heterocycles. The van der Waals surface area contributed by atoms with Gasteiger partial charge in [0.25, 0.3) is 0 Å². The second kappa shape index (κ2) is 15.1. The Balaban J connectivity index is 2.18. The van der Waals surface area contributed by atoms with E-state index >= 15 is 0 Å². The van der Waals surface area contributed by atoms with Crippen LogP contribution in [0.3, 0.4) is 0 Å². The van der Waals surface area contributed by atoms with Crippen LogP contribution < -0.4 is 16.4 Å². The maximum atomic E-state index is 13.2. The van der Waals surface area contributed by atoms with Crippen LogP contribution in [0, 0.1) is 5.92 Å². The van der Waals surface area contributed by atoms with Gasteiger partial charge in [-0.2, -0.15) is 0 Å². The Morgan fingerprint density at radius 1 is 1.06 bits per heavy atom. The van der Waals surface area contributed by atoms with Crippen LogP contribution in [0.5, 0.6) is 5.75 Å². The lowest BCUT2D eigenvalue weighted by atomic mass is 9.98. The Morgan fingerprint density at radius 3 is 2.31 bits per heavy atom. The summed E-state index contributed by atoms with van der Waals surface area (Å²) < 4.78 is 0. The minimum atomic E-state index is -0.956. The quantitative estimate of drug-likeness (QED) is 0.250. The molecule has 1 amide bonds. The number of aromatic carboxylic acids is 1. The zero-order valence-corrected chi connectivity index (χ0v) is 21.6. The number of hydrogen-bond acceptors (Lipinski definition) is 5. The molecule has 0 aliphatic rings. The van der Waals surface area contributed by atoms with E-state index in [2.05, 4.69) is 31.4 Å².